The molecule has 0 aliphatic carbocycles. The van der Waals surface area contributed by atoms with E-state index in [2.05, 4.69) is 15.0 Å². The molecule has 0 saturated carbocycles. The highest BCUT2D eigenvalue weighted by molar-refractivity contribution is 7.92. The third kappa shape index (κ3) is 6.98. The summed E-state index contributed by atoms with van der Waals surface area (Å²) < 4.78 is 36.7. The van der Waals surface area contributed by atoms with Crippen molar-refractivity contribution in [2.24, 2.45) is 0 Å². The molecular formula is C23H25N3O5S. The van der Waals surface area contributed by atoms with E-state index in [1.807, 2.05) is 19.1 Å². The molecule has 0 bridgehead atoms. The fraction of sp³-hybridized carbons (Fsp3) is 0.217. The lowest BCUT2D eigenvalue weighted by Gasteiger charge is -2.14. The number of carbonyl (C=O) groups is 1. The molecule has 168 valence electrons. The summed E-state index contributed by atoms with van der Waals surface area (Å²) in [5.41, 5.74) is 2.54. The molecule has 32 heavy (non-hydrogen) atoms. The number of rotatable bonds is 10. The molecule has 9 heteroatoms. The zero-order valence-corrected chi connectivity index (χ0v) is 18.7. The van der Waals surface area contributed by atoms with Crippen molar-refractivity contribution in [2.75, 3.05) is 17.6 Å². The van der Waals surface area contributed by atoms with Gasteiger partial charge in [0.05, 0.1) is 12.9 Å². The van der Waals surface area contributed by atoms with Crippen LogP contribution in [0.1, 0.15) is 28.4 Å². The molecule has 3 rings (SSSR count). The number of amides is 1. The predicted molar refractivity (Wildman–Crippen MR) is 122 cm³/mol. The van der Waals surface area contributed by atoms with Gasteiger partial charge < -0.3 is 14.8 Å². The minimum absolute atomic E-state index is 0.237. The standard InChI is InChI=1S/C23H25N3O5S/c1-3-30-22-13-19(9-10-21(22)31-16-18-7-5-11-24-14-18)23(27)25-15-17-6-4-8-20(12-17)26-32(2,28)29/h4-14,26H,3,15-16H2,1-2H3,(H,25,27). The number of pyridine rings is 1. The van der Waals surface area contributed by atoms with E-state index in [0.29, 0.717) is 36.0 Å². The fourth-order valence-corrected chi connectivity index (χ4v) is 3.48. The number of benzene rings is 2. The largest absolute Gasteiger partial charge is 0.490 e. The third-order valence-corrected chi connectivity index (χ3v) is 4.91. The van der Waals surface area contributed by atoms with Gasteiger partial charge in [-0.1, -0.05) is 18.2 Å². The molecule has 1 heterocycles. The third-order valence-electron chi connectivity index (χ3n) is 4.31. The molecule has 0 saturated heterocycles. The molecule has 0 spiro atoms. The monoisotopic (exact) mass is 455 g/mol. The molecule has 0 unspecified atom stereocenters. The van der Waals surface area contributed by atoms with Gasteiger partial charge in [-0.3, -0.25) is 14.5 Å². The number of hydrogen-bond acceptors (Lipinski definition) is 6. The van der Waals surface area contributed by atoms with E-state index in [4.69, 9.17) is 9.47 Å². The van der Waals surface area contributed by atoms with Crippen LogP contribution >= 0.6 is 0 Å². The molecular weight excluding hydrogens is 430 g/mol. The first-order valence-corrected chi connectivity index (χ1v) is 11.9. The van der Waals surface area contributed by atoms with Crippen molar-refractivity contribution in [3.8, 4) is 11.5 Å². The van der Waals surface area contributed by atoms with Crippen molar-refractivity contribution < 1.29 is 22.7 Å². The van der Waals surface area contributed by atoms with Crippen LogP contribution in [0, 0.1) is 0 Å². The summed E-state index contributed by atoms with van der Waals surface area (Å²) in [6, 6.07) is 15.6. The van der Waals surface area contributed by atoms with Crippen molar-refractivity contribution in [2.45, 2.75) is 20.1 Å². The van der Waals surface area contributed by atoms with Crippen LogP contribution in [0.2, 0.25) is 0 Å². The minimum Gasteiger partial charge on any atom is -0.490 e. The summed E-state index contributed by atoms with van der Waals surface area (Å²) in [7, 11) is -3.37. The van der Waals surface area contributed by atoms with Gasteiger partial charge in [0, 0.05) is 35.8 Å². The van der Waals surface area contributed by atoms with E-state index in [-0.39, 0.29) is 12.5 Å². The summed E-state index contributed by atoms with van der Waals surface area (Å²) >= 11 is 0. The number of anilines is 1. The van der Waals surface area contributed by atoms with Crippen LogP contribution in [0.4, 0.5) is 5.69 Å². The van der Waals surface area contributed by atoms with Crippen molar-refractivity contribution >= 4 is 21.6 Å². The highest BCUT2D eigenvalue weighted by Crippen LogP contribution is 2.29. The van der Waals surface area contributed by atoms with E-state index in [1.165, 1.54) is 0 Å². The lowest BCUT2D eigenvalue weighted by molar-refractivity contribution is 0.0950. The molecule has 1 aromatic heterocycles. The number of hydrogen-bond donors (Lipinski definition) is 2. The van der Waals surface area contributed by atoms with Crippen molar-refractivity contribution in [1.29, 1.82) is 0 Å². The second-order valence-corrected chi connectivity index (χ2v) is 8.75. The van der Waals surface area contributed by atoms with Gasteiger partial charge in [-0.2, -0.15) is 0 Å². The quantitative estimate of drug-likeness (QED) is 0.486. The maximum Gasteiger partial charge on any atom is 0.251 e. The Balaban J connectivity index is 1.66. The van der Waals surface area contributed by atoms with Crippen LogP contribution in [0.5, 0.6) is 11.5 Å². The van der Waals surface area contributed by atoms with Gasteiger partial charge in [0.1, 0.15) is 6.61 Å². The van der Waals surface area contributed by atoms with Crippen molar-refractivity contribution in [3.63, 3.8) is 0 Å². The molecule has 8 nitrogen and oxygen atoms in total. The van der Waals surface area contributed by atoms with Gasteiger partial charge in [0.25, 0.3) is 5.91 Å². The zero-order valence-electron chi connectivity index (χ0n) is 17.9. The Morgan fingerprint density at radius 3 is 2.53 bits per heavy atom. The van der Waals surface area contributed by atoms with E-state index in [1.54, 1.807) is 54.9 Å². The van der Waals surface area contributed by atoms with Crippen LogP contribution in [-0.2, 0) is 23.2 Å². The summed E-state index contributed by atoms with van der Waals surface area (Å²) in [6.07, 6.45) is 4.51. The molecule has 0 atom stereocenters. The van der Waals surface area contributed by atoms with Crippen LogP contribution in [0.15, 0.2) is 67.0 Å². The zero-order chi connectivity index (χ0) is 23.0. The molecule has 0 aliphatic rings. The number of aromatic nitrogens is 1. The van der Waals surface area contributed by atoms with Crippen LogP contribution < -0.4 is 19.5 Å². The smallest absolute Gasteiger partial charge is 0.251 e. The number of nitrogens with one attached hydrogen (secondary N) is 2. The molecule has 2 aromatic carbocycles. The summed E-state index contributed by atoms with van der Waals surface area (Å²) in [5.74, 6) is 0.724. The first-order valence-electron chi connectivity index (χ1n) is 9.97. The maximum atomic E-state index is 12.7. The average molecular weight is 456 g/mol. The predicted octanol–water partition coefficient (Wildman–Crippen LogP) is 3.36. The van der Waals surface area contributed by atoms with Crippen LogP contribution in [-0.4, -0.2) is 32.2 Å². The van der Waals surface area contributed by atoms with E-state index >= 15 is 0 Å². The first-order chi connectivity index (χ1) is 15.3. The molecule has 2 N–H and O–H groups in total. The Bertz CT molecular complexity index is 1170. The lowest BCUT2D eigenvalue weighted by atomic mass is 10.1. The number of ether oxygens (including phenoxy) is 2. The lowest BCUT2D eigenvalue weighted by Crippen LogP contribution is -2.23. The van der Waals surface area contributed by atoms with E-state index in [9.17, 15) is 13.2 Å². The van der Waals surface area contributed by atoms with Gasteiger partial charge >= 0.3 is 0 Å². The van der Waals surface area contributed by atoms with Crippen LogP contribution in [0.3, 0.4) is 0 Å². The molecule has 1 amide bonds. The second-order valence-electron chi connectivity index (χ2n) is 7.00. The summed E-state index contributed by atoms with van der Waals surface area (Å²) in [4.78, 5) is 16.7. The maximum absolute atomic E-state index is 12.7. The number of sulfonamides is 1. The van der Waals surface area contributed by atoms with Gasteiger partial charge in [0.15, 0.2) is 11.5 Å². The second kappa shape index (κ2) is 10.6. The topological polar surface area (TPSA) is 107 Å². The van der Waals surface area contributed by atoms with Crippen molar-refractivity contribution in [3.05, 3.63) is 83.7 Å². The fourth-order valence-electron chi connectivity index (χ4n) is 2.92. The average Bonchev–Trinajstić information content (AvgIpc) is 2.76. The van der Waals surface area contributed by atoms with Crippen LogP contribution in [0.25, 0.3) is 0 Å². The van der Waals surface area contributed by atoms with Gasteiger partial charge in [-0.05, 0) is 48.9 Å². The molecule has 0 aliphatic heterocycles. The van der Waals surface area contributed by atoms with Crippen molar-refractivity contribution in [1.82, 2.24) is 10.3 Å². The van der Waals surface area contributed by atoms with Gasteiger partial charge in [0.2, 0.25) is 10.0 Å². The number of carbonyl (C=O) groups excluding carboxylic acids is 1. The minimum atomic E-state index is -3.37. The Morgan fingerprint density at radius 1 is 1.00 bits per heavy atom. The Kier molecular flexibility index (Phi) is 7.67. The number of nitrogens with zero attached hydrogens (tertiary/aromatic N) is 1. The molecule has 0 radical (unpaired) electrons. The van der Waals surface area contributed by atoms with Gasteiger partial charge in [-0.25, -0.2) is 8.42 Å². The Labute approximate surface area is 187 Å². The SMILES string of the molecule is CCOc1cc(C(=O)NCc2cccc(NS(C)(=O)=O)c2)ccc1OCc1cccnc1. The first kappa shape index (κ1) is 23.1. The molecule has 0 fully saturated rings. The highest BCUT2D eigenvalue weighted by atomic mass is 32.2. The summed E-state index contributed by atoms with van der Waals surface area (Å²) in [6.45, 7) is 2.85. The highest BCUT2D eigenvalue weighted by Gasteiger charge is 2.12. The Morgan fingerprint density at radius 2 is 1.81 bits per heavy atom. The Hall–Kier alpha value is -3.59. The van der Waals surface area contributed by atoms with Gasteiger partial charge in [-0.15, -0.1) is 0 Å². The molecule has 3 aromatic rings. The van der Waals surface area contributed by atoms with E-state index in [0.717, 1.165) is 17.4 Å². The van der Waals surface area contributed by atoms with E-state index < -0.39 is 10.0 Å². The normalized spacial score (nSPS) is 10.9. The summed E-state index contributed by atoms with van der Waals surface area (Å²) in [5, 5.41) is 2.83.